The third-order valence-electron chi connectivity index (χ3n) is 4.84. The third-order valence-corrected chi connectivity index (χ3v) is 5.08. The van der Waals surface area contributed by atoms with E-state index in [0.717, 1.165) is 62.1 Å². The number of anilines is 2. The highest BCUT2D eigenvalue weighted by Gasteiger charge is 2.20. The van der Waals surface area contributed by atoms with Crippen LogP contribution in [0, 0.1) is 0 Å². The van der Waals surface area contributed by atoms with Gasteiger partial charge in [0.2, 0.25) is 0 Å². The number of hydrogen-bond acceptors (Lipinski definition) is 5. The van der Waals surface area contributed by atoms with Gasteiger partial charge in [-0.25, -0.2) is 9.97 Å². The number of halogens is 1. The number of nitrogens with zero attached hydrogens (tertiary/aromatic N) is 5. The van der Waals surface area contributed by atoms with Crippen molar-refractivity contribution in [3.8, 4) is 0 Å². The topological polar surface area (TPSA) is 52.6 Å². The number of carbonyl (C=O) groups is 1. The summed E-state index contributed by atoms with van der Waals surface area (Å²) in [6, 6.07) is 9.74. The van der Waals surface area contributed by atoms with Crippen LogP contribution in [0.2, 0.25) is 5.02 Å². The summed E-state index contributed by atoms with van der Waals surface area (Å²) in [5, 5.41) is 0.751. The van der Waals surface area contributed by atoms with E-state index in [4.69, 9.17) is 11.6 Å². The van der Waals surface area contributed by atoms with Gasteiger partial charge in [0.15, 0.2) is 0 Å². The van der Waals surface area contributed by atoms with Crippen LogP contribution in [0.1, 0.15) is 30.3 Å². The summed E-state index contributed by atoms with van der Waals surface area (Å²) in [4.78, 5) is 27.4. The fourth-order valence-corrected chi connectivity index (χ4v) is 3.38. The van der Waals surface area contributed by atoms with Gasteiger partial charge in [0, 0.05) is 56.5 Å². The van der Waals surface area contributed by atoms with Crippen molar-refractivity contribution in [1.29, 1.82) is 0 Å². The lowest BCUT2D eigenvalue weighted by Crippen LogP contribution is -2.47. The van der Waals surface area contributed by atoms with Gasteiger partial charge in [-0.05, 0) is 24.6 Å². The monoisotopic (exact) mass is 387 g/mol. The molecule has 0 radical (unpaired) electrons. The van der Waals surface area contributed by atoms with E-state index in [2.05, 4.69) is 32.8 Å². The SMILES string of the molecule is CCCCN(C)C(=O)c1cc(N2CCN(c3cccc(Cl)c3)CC2)ncn1. The maximum atomic E-state index is 12.6. The number of carbonyl (C=O) groups excluding carboxylic acids is 1. The van der Waals surface area contributed by atoms with Gasteiger partial charge in [0.05, 0.1) is 0 Å². The van der Waals surface area contributed by atoms with Crippen LogP contribution < -0.4 is 9.80 Å². The second-order valence-corrected chi connectivity index (χ2v) is 7.23. The summed E-state index contributed by atoms with van der Waals surface area (Å²) in [5.41, 5.74) is 1.59. The summed E-state index contributed by atoms with van der Waals surface area (Å²) in [6.07, 6.45) is 3.54. The average Bonchev–Trinajstić information content (AvgIpc) is 2.71. The molecule has 1 saturated heterocycles. The number of unbranched alkanes of at least 4 members (excludes halogenated alkanes) is 1. The Morgan fingerprint density at radius 2 is 1.89 bits per heavy atom. The van der Waals surface area contributed by atoms with E-state index in [-0.39, 0.29) is 5.91 Å². The van der Waals surface area contributed by atoms with Gasteiger partial charge in [-0.15, -0.1) is 0 Å². The Balaban J connectivity index is 1.64. The summed E-state index contributed by atoms with van der Waals surface area (Å²) < 4.78 is 0. The van der Waals surface area contributed by atoms with Crippen molar-refractivity contribution in [2.45, 2.75) is 19.8 Å². The fraction of sp³-hybridized carbons (Fsp3) is 0.450. The number of aromatic nitrogens is 2. The number of hydrogen-bond donors (Lipinski definition) is 0. The van der Waals surface area contributed by atoms with E-state index in [1.165, 1.54) is 6.33 Å². The Morgan fingerprint density at radius 1 is 1.15 bits per heavy atom. The molecule has 0 bridgehead atoms. The molecule has 0 N–H and O–H groups in total. The zero-order valence-corrected chi connectivity index (χ0v) is 16.7. The molecule has 27 heavy (non-hydrogen) atoms. The van der Waals surface area contributed by atoms with Gasteiger partial charge in [0.1, 0.15) is 17.8 Å². The van der Waals surface area contributed by atoms with Crippen molar-refractivity contribution < 1.29 is 4.79 Å². The molecule has 0 saturated carbocycles. The third kappa shape index (κ3) is 4.89. The lowest BCUT2D eigenvalue weighted by molar-refractivity contribution is 0.0787. The molecule has 1 aliphatic rings. The smallest absolute Gasteiger partial charge is 0.272 e. The van der Waals surface area contributed by atoms with Crippen LogP contribution in [0.3, 0.4) is 0 Å². The molecule has 0 spiro atoms. The largest absolute Gasteiger partial charge is 0.368 e. The molecule has 7 heteroatoms. The Bertz CT molecular complexity index is 776. The van der Waals surface area contributed by atoms with Crippen molar-refractivity contribution in [2.24, 2.45) is 0 Å². The molecule has 1 aromatic heterocycles. The molecule has 1 amide bonds. The summed E-state index contributed by atoms with van der Waals surface area (Å²) >= 11 is 6.10. The first-order valence-corrected chi connectivity index (χ1v) is 9.79. The summed E-state index contributed by atoms with van der Waals surface area (Å²) in [5.74, 6) is 0.757. The van der Waals surface area contributed by atoms with E-state index in [0.29, 0.717) is 5.69 Å². The minimum Gasteiger partial charge on any atom is -0.368 e. The Hall–Kier alpha value is -2.34. The van der Waals surface area contributed by atoms with Crippen molar-refractivity contribution in [1.82, 2.24) is 14.9 Å². The Kier molecular flexibility index (Phi) is 6.50. The second kappa shape index (κ2) is 9.04. The highest BCUT2D eigenvalue weighted by molar-refractivity contribution is 6.30. The average molecular weight is 388 g/mol. The predicted molar refractivity (Wildman–Crippen MR) is 110 cm³/mol. The molecule has 0 unspecified atom stereocenters. The van der Waals surface area contributed by atoms with Crippen molar-refractivity contribution in [2.75, 3.05) is 49.6 Å². The molecule has 6 nitrogen and oxygen atoms in total. The van der Waals surface area contributed by atoms with Crippen molar-refractivity contribution in [3.05, 3.63) is 47.4 Å². The van der Waals surface area contributed by atoms with Gasteiger partial charge >= 0.3 is 0 Å². The molecule has 1 aromatic carbocycles. The molecule has 0 atom stereocenters. The lowest BCUT2D eigenvalue weighted by atomic mass is 10.2. The summed E-state index contributed by atoms with van der Waals surface area (Å²) in [6.45, 7) is 6.29. The maximum Gasteiger partial charge on any atom is 0.272 e. The molecule has 1 fully saturated rings. The van der Waals surface area contributed by atoms with E-state index in [1.807, 2.05) is 25.2 Å². The lowest BCUT2D eigenvalue weighted by Gasteiger charge is -2.36. The minimum absolute atomic E-state index is 0.0512. The number of piperazine rings is 1. The first-order valence-electron chi connectivity index (χ1n) is 9.41. The van der Waals surface area contributed by atoms with Gasteiger partial charge in [-0.1, -0.05) is 31.0 Å². The number of rotatable bonds is 6. The van der Waals surface area contributed by atoms with Gasteiger partial charge in [0.25, 0.3) is 5.91 Å². The standard InChI is InChI=1S/C20H26ClN5O/c1-3-4-8-24(2)20(27)18-14-19(23-15-22-18)26-11-9-25(10-12-26)17-7-5-6-16(21)13-17/h5-7,13-15H,3-4,8-12H2,1-2H3. The van der Waals surface area contributed by atoms with Crippen molar-refractivity contribution >= 4 is 29.0 Å². The van der Waals surface area contributed by atoms with E-state index < -0.39 is 0 Å². The highest BCUT2D eigenvalue weighted by atomic mass is 35.5. The first-order chi connectivity index (χ1) is 13.1. The van der Waals surface area contributed by atoms with Crippen molar-refractivity contribution in [3.63, 3.8) is 0 Å². The zero-order chi connectivity index (χ0) is 19.2. The van der Waals surface area contributed by atoms with E-state index in [1.54, 1.807) is 11.0 Å². The Morgan fingerprint density at radius 3 is 2.59 bits per heavy atom. The van der Waals surface area contributed by atoms with Crippen LogP contribution in [-0.2, 0) is 0 Å². The van der Waals surface area contributed by atoms with Crippen LogP contribution in [-0.4, -0.2) is 60.5 Å². The van der Waals surface area contributed by atoms with Gasteiger partial charge in [-0.3, -0.25) is 4.79 Å². The quantitative estimate of drug-likeness (QED) is 0.761. The summed E-state index contributed by atoms with van der Waals surface area (Å²) in [7, 11) is 1.82. The maximum absolute atomic E-state index is 12.6. The van der Waals surface area contributed by atoms with Gasteiger partial charge in [-0.2, -0.15) is 0 Å². The van der Waals surface area contributed by atoms with E-state index >= 15 is 0 Å². The second-order valence-electron chi connectivity index (χ2n) is 6.80. The molecule has 0 aliphatic carbocycles. The molecular weight excluding hydrogens is 362 g/mol. The van der Waals surface area contributed by atoms with Crippen LogP contribution in [0.4, 0.5) is 11.5 Å². The highest BCUT2D eigenvalue weighted by Crippen LogP contribution is 2.22. The fourth-order valence-electron chi connectivity index (χ4n) is 3.20. The Labute approximate surface area is 165 Å². The molecule has 3 rings (SSSR count). The predicted octanol–water partition coefficient (Wildman–Crippen LogP) is 3.33. The van der Waals surface area contributed by atoms with Crippen LogP contribution >= 0.6 is 11.6 Å². The van der Waals surface area contributed by atoms with Crippen LogP contribution in [0.15, 0.2) is 36.7 Å². The molecule has 2 aromatic rings. The number of benzene rings is 1. The van der Waals surface area contributed by atoms with Gasteiger partial charge < -0.3 is 14.7 Å². The molecule has 2 heterocycles. The van der Waals surface area contributed by atoms with Crippen LogP contribution in [0.25, 0.3) is 0 Å². The van der Waals surface area contributed by atoms with E-state index in [9.17, 15) is 4.79 Å². The normalized spacial score (nSPS) is 14.3. The molecule has 1 aliphatic heterocycles. The zero-order valence-electron chi connectivity index (χ0n) is 15.9. The molecular formula is C20H26ClN5O. The first kappa shape index (κ1) is 19.4. The number of amides is 1. The minimum atomic E-state index is -0.0512. The van der Waals surface area contributed by atoms with Crippen LogP contribution in [0.5, 0.6) is 0 Å². The molecule has 144 valence electrons.